The number of nitrogens with zero attached hydrogens (tertiary/aromatic N) is 1. The molecule has 1 aliphatic carbocycles. The minimum atomic E-state index is -0.373. The van der Waals surface area contributed by atoms with Crippen molar-refractivity contribution in [1.29, 1.82) is 0 Å². The van der Waals surface area contributed by atoms with Crippen molar-refractivity contribution in [2.75, 3.05) is 5.32 Å². The highest BCUT2D eigenvalue weighted by Gasteiger charge is 2.49. The molecule has 1 aromatic heterocycles. The Morgan fingerprint density at radius 1 is 1.04 bits per heavy atom. The molecule has 24 heavy (non-hydrogen) atoms. The summed E-state index contributed by atoms with van der Waals surface area (Å²) in [5.41, 5.74) is 1.91. The Balaban J connectivity index is 1.57. The number of fused-ring (bicyclic) bond motifs is 1. The second kappa shape index (κ2) is 5.46. The van der Waals surface area contributed by atoms with Crippen molar-refractivity contribution in [3.63, 3.8) is 0 Å². The highest BCUT2D eigenvalue weighted by molar-refractivity contribution is 5.75. The van der Waals surface area contributed by atoms with Crippen LogP contribution in [0.25, 0.3) is 11.1 Å². The van der Waals surface area contributed by atoms with Crippen molar-refractivity contribution in [3.05, 3.63) is 23.8 Å². The van der Waals surface area contributed by atoms with Gasteiger partial charge >= 0.3 is 0 Å². The van der Waals surface area contributed by atoms with Crippen molar-refractivity contribution < 1.29 is 13.9 Å². The van der Waals surface area contributed by atoms with Crippen LogP contribution in [0.4, 0.5) is 6.01 Å². The number of anilines is 1. The van der Waals surface area contributed by atoms with E-state index in [4.69, 9.17) is 13.9 Å². The van der Waals surface area contributed by atoms with E-state index in [-0.39, 0.29) is 17.5 Å². The standard InChI is InChI=1S/C19H26N2O3/c1-18(2)19(3,4)24-16(23-18)12-9-10-15-14(11-12)21-17(22-15)20-13-7-5-6-8-13/h9-11,13,16H,5-8H2,1-4H3,(H,20,21). The summed E-state index contributed by atoms with van der Waals surface area (Å²) in [5.74, 6) is 0. The van der Waals surface area contributed by atoms with Gasteiger partial charge in [0.25, 0.3) is 6.01 Å². The van der Waals surface area contributed by atoms with Gasteiger partial charge in [-0.1, -0.05) is 18.9 Å². The molecule has 2 aliphatic rings. The Kier molecular flexibility index (Phi) is 3.62. The summed E-state index contributed by atoms with van der Waals surface area (Å²) in [6, 6.07) is 7.04. The lowest BCUT2D eigenvalue weighted by molar-refractivity contribution is -0.0895. The Labute approximate surface area is 142 Å². The SMILES string of the molecule is CC1(C)OC(c2ccc3oc(NC4CCCC4)nc3c2)OC1(C)C. The van der Waals surface area contributed by atoms with E-state index in [1.165, 1.54) is 25.7 Å². The zero-order chi connectivity index (χ0) is 16.9. The minimum absolute atomic E-state index is 0.342. The number of rotatable bonds is 3. The molecule has 5 nitrogen and oxygen atoms in total. The smallest absolute Gasteiger partial charge is 0.295 e. The monoisotopic (exact) mass is 330 g/mol. The summed E-state index contributed by atoms with van der Waals surface area (Å²) in [5, 5.41) is 3.41. The molecule has 1 saturated heterocycles. The molecule has 1 aromatic carbocycles. The molecule has 2 fully saturated rings. The van der Waals surface area contributed by atoms with Gasteiger partial charge in [-0.05, 0) is 52.7 Å². The molecular formula is C19H26N2O3. The number of aromatic nitrogens is 1. The summed E-state index contributed by atoms with van der Waals surface area (Å²) >= 11 is 0. The molecule has 0 bridgehead atoms. The molecule has 2 aromatic rings. The van der Waals surface area contributed by atoms with Crippen LogP contribution in [0.5, 0.6) is 0 Å². The lowest BCUT2D eigenvalue weighted by Crippen LogP contribution is -2.41. The fraction of sp³-hybridized carbons (Fsp3) is 0.632. The van der Waals surface area contributed by atoms with Crippen LogP contribution >= 0.6 is 0 Å². The van der Waals surface area contributed by atoms with Gasteiger partial charge in [0, 0.05) is 11.6 Å². The lowest BCUT2D eigenvalue weighted by Gasteiger charge is -2.30. The van der Waals surface area contributed by atoms with E-state index in [1.54, 1.807) is 0 Å². The molecule has 1 N–H and O–H groups in total. The van der Waals surface area contributed by atoms with Gasteiger partial charge in [0.2, 0.25) is 0 Å². The van der Waals surface area contributed by atoms with E-state index in [0.717, 1.165) is 16.7 Å². The van der Waals surface area contributed by atoms with Gasteiger partial charge in [-0.25, -0.2) is 0 Å². The highest BCUT2D eigenvalue weighted by Crippen LogP contribution is 2.45. The second-order valence-electron chi connectivity index (χ2n) is 7.96. The van der Waals surface area contributed by atoms with Gasteiger partial charge in [-0.2, -0.15) is 4.98 Å². The number of ether oxygens (including phenoxy) is 2. The zero-order valence-electron chi connectivity index (χ0n) is 14.9. The van der Waals surface area contributed by atoms with Crippen LogP contribution in [-0.2, 0) is 9.47 Å². The maximum absolute atomic E-state index is 6.12. The molecule has 0 amide bonds. The van der Waals surface area contributed by atoms with E-state index in [1.807, 2.05) is 18.2 Å². The molecule has 5 heteroatoms. The van der Waals surface area contributed by atoms with Crippen molar-refractivity contribution in [2.45, 2.75) is 76.9 Å². The predicted octanol–water partition coefficient (Wildman–Crippen LogP) is 4.78. The second-order valence-corrected chi connectivity index (χ2v) is 7.96. The van der Waals surface area contributed by atoms with Gasteiger partial charge in [-0.15, -0.1) is 0 Å². The number of nitrogens with one attached hydrogen (secondary N) is 1. The summed E-state index contributed by atoms with van der Waals surface area (Å²) in [6.45, 7) is 8.24. The van der Waals surface area contributed by atoms with Gasteiger partial charge in [0.1, 0.15) is 5.52 Å². The van der Waals surface area contributed by atoms with E-state index >= 15 is 0 Å². The Bertz CT molecular complexity index is 728. The molecule has 0 spiro atoms. The van der Waals surface area contributed by atoms with E-state index in [9.17, 15) is 0 Å². The fourth-order valence-corrected chi connectivity index (χ4v) is 3.38. The van der Waals surface area contributed by atoms with Crippen LogP contribution in [0.2, 0.25) is 0 Å². The third kappa shape index (κ3) is 2.70. The van der Waals surface area contributed by atoms with Crippen LogP contribution in [0, 0.1) is 0 Å². The molecule has 0 atom stereocenters. The van der Waals surface area contributed by atoms with Crippen molar-refractivity contribution >= 4 is 17.1 Å². The average Bonchev–Trinajstić information content (AvgIpc) is 3.18. The first-order valence-electron chi connectivity index (χ1n) is 8.87. The maximum atomic E-state index is 6.12. The normalized spacial score (nSPS) is 24.0. The van der Waals surface area contributed by atoms with Gasteiger partial charge in [0.15, 0.2) is 11.9 Å². The van der Waals surface area contributed by atoms with E-state index < -0.39 is 0 Å². The largest absolute Gasteiger partial charge is 0.424 e. The molecule has 130 valence electrons. The third-order valence-electron chi connectivity index (χ3n) is 5.62. The van der Waals surface area contributed by atoms with Crippen LogP contribution in [0.1, 0.15) is 65.2 Å². The van der Waals surface area contributed by atoms with Crippen molar-refractivity contribution in [3.8, 4) is 0 Å². The zero-order valence-corrected chi connectivity index (χ0v) is 14.9. The van der Waals surface area contributed by atoms with Crippen LogP contribution in [-0.4, -0.2) is 22.2 Å². The number of hydrogen-bond donors (Lipinski definition) is 1. The summed E-state index contributed by atoms with van der Waals surface area (Å²) in [4.78, 5) is 4.59. The third-order valence-corrected chi connectivity index (χ3v) is 5.62. The van der Waals surface area contributed by atoms with Crippen molar-refractivity contribution in [2.24, 2.45) is 0 Å². The summed E-state index contributed by atoms with van der Waals surface area (Å²) in [6.07, 6.45) is 4.58. The topological polar surface area (TPSA) is 56.5 Å². The first-order chi connectivity index (χ1) is 11.3. The lowest BCUT2D eigenvalue weighted by atomic mass is 9.90. The highest BCUT2D eigenvalue weighted by atomic mass is 16.7. The Morgan fingerprint density at radius 3 is 2.38 bits per heavy atom. The first kappa shape index (κ1) is 15.9. The fourth-order valence-electron chi connectivity index (χ4n) is 3.38. The molecule has 0 unspecified atom stereocenters. The quantitative estimate of drug-likeness (QED) is 0.877. The van der Waals surface area contributed by atoms with Gasteiger partial charge in [0.05, 0.1) is 11.2 Å². The van der Waals surface area contributed by atoms with Gasteiger partial charge in [-0.3, -0.25) is 0 Å². The number of benzene rings is 1. The molecular weight excluding hydrogens is 304 g/mol. The summed E-state index contributed by atoms with van der Waals surface area (Å²) < 4.78 is 18.1. The number of oxazole rings is 1. The maximum Gasteiger partial charge on any atom is 0.295 e. The number of hydrogen-bond acceptors (Lipinski definition) is 5. The summed E-state index contributed by atoms with van der Waals surface area (Å²) in [7, 11) is 0. The molecule has 1 saturated carbocycles. The van der Waals surface area contributed by atoms with Crippen LogP contribution < -0.4 is 5.32 Å². The first-order valence-corrected chi connectivity index (χ1v) is 8.87. The van der Waals surface area contributed by atoms with Gasteiger partial charge < -0.3 is 19.2 Å². The van der Waals surface area contributed by atoms with Crippen LogP contribution in [0.3, 0.4) is 0 Å². The molecule has 4 rings (SSSR count). The van der Waals surface area contributed by atoms with E-state index in [2.05, 4.69) is 38.0 Å². The average molecular weight is 330 g/mol. The molecule has 1 aliphatic heterocycles. The minimum Gasteiger partial charge on any atom is -0.424 e. The predicted molar refractivity (Wildman–Crippen MR) is 93.0 cm³/mol. The Hall–Kier alpha value is -1.59. The van der Waals surface area contributed by atoms with E-state index in [0.29, 0.717) is 12.1 Å². The van der Waals surface area contributed by atoms with Crippen molar-refractivity contribution in [1.82, 2.24) is 4.98 Å². The molecule has 2 heterocycles. The molecule has 0 radical (unpaired) electrons. The Morgan fingerprint density at radius 2 is 1.71 bits per heavy atom. The van der Waals surface area contributed by atoms with Crippen LogP contribution in [0.15, 0.2) is 22.6 Å².